The Morgan fingerprint density at radius 3 is 2.70 bits per heavy atom. The van der Waals surface area contributed by atoms with Crippen LogP contribution in [0.2, 0.25) is 0 Å². The largest absolute Gasteiger partial charge is 0.481 e. The summed E-state index contributed by atoms with van der Waals surface area (Å²) in [5.41, 5.74) is 5.39. The van der Waals surface area contributed by atoms with Crippen LogP contribution in [0, 0.1) is 5.41 Å². The Kier molecular flexibility index (Phi) is 8.86. The van der Waals surface area contributed by atoms with Gasteiger partial charge in [0.2, 0.25) is 0 Å². The molecule has 1 aliphatic carbocycles. The van der Waals surface area contributed by atoms with E-state index in [2.05, 4.69) is 69.9 Å². The van der Waals surface area contributed by atoms with Gasteiger partial charge in [0.25, 0.3) is 0 Å². The number of pyridine rings is 1. The molecule has 0 spiro atoms. The topological polar surface area (TPSA) is 70.4 Å². The van der Waals surface area contributed by atoms with Crippen molar-refractivity contribution in [1.82, 2.24) is 4.98 Å². The summed E-state index contributed by atoms with van der Waals surface area (Å²) in [4.78, 5) is 16.3. The molecule has 0 amide bonds. The lowest BCUT2D eigenvalue weighted by molar-refractivity contribution is -0.138. The van der Waals surface area contributed by atoms with Gasteiger partial charge in [0.15, 0.2) is 0 Å². The molecule has 4 nitrogen and oxygen atoms in total. The van der Waals surface area contributed by atoms with Crippen LogP contribution in [0.3, 0.4) is 0 Å². The molecule has 40 heavy (non-hydrogen) atoms. The quantitative estimate of drug-likeness (QED) is 0.162. The molecule has 1 atom stereocenters. The Morgan fingerprint density at radius 2 is 1.95 bits per heavy atom. The highest BCUT2D eigenvalue weighted by atomic mass is 79.9. The number of carboxylic acid groups (broad SMARTS) is 1. The SMILES string of the molecule is CC(C)(O)c1ccccc1CCC(SCC1(CC(=O)O)CC1)c1cccc(C=Cc2ccc3scc(Br)c3n2)c1. The van der Waals surface area contributed by atoms with E-state index in [0.717, 1.165) is 68.5 Å². The molecule has 208 valence electrons. The summed E-state index contributed by atoms with van der Waals surface area (Å²) in [6.45, 7) is 3.67. The first-order valence-corrected chi connectivity index (χ1v) is 16.3. The Morgan fingerprint density at radius 1 is 1.15 bits per heavy atom. The van der Waals surface area contributed by atoms with E-state index in [1.165, 1.54) is 5.56 Å². The van der Waals surface area contributed by atoms with Gasteiger partial charge in [0.05, 0.1) is 32.4 Å². The maximum absolute atomic E-state index is 11.5. The average molecular weight is 637 g/mol. The van der Waals surface area contributed by atoms with E-state index in [0.29, 0.717) is 0 Å². The van der Waals surface area contributed by atoms with Crippen LogP contribution in [0.5, 0.6) is 0 Å². The summed E-state index contributed by atoms with van der Waals surface area (Å²) in [6.07, 6.45) is 8.12. The van der Waals surface area contributed by atoms with Gasteiger partial charge in [-0.3, -0.25) is 4.79 Å². The number of aryl methyl sites for hydroxylation is 1. The predicted molar refractivity (Wildman–Crippen MR) is 172 cm³/mol. The van der Waals surface area contributed by atoms with Crippen LogP contribution in [0.15, 0.2) is 70.5 Å². The highest BCUT2D eigenvalue weighted by Gasteiger charge is 2.44. The number of nitrogens with zero attached hydrogens (tertiary/aromatic N) is 1. The van der Waals surface area contributed by atoms with Crippen molar-refractivity contribution >= 4 is 67.4 Å². The minimum atomic E-state index is -0.904. The van der Waals surface area contributed by atoms with Crippen molar-refractivity contribution in [3.63, 3.8) is 0 Å². The van der Waals surface area contributed by atoms with Crippen molar-refractivity contribution in [3.05, 3.63) is 98.5 Å². The van der Waals surface area contributed by atoms with E-state index in [9.17, 15) is 15.0 Å². The van der Waals surface area contributed by atoms with Crippen molar-refractivity contribution in [2.75, 3.05) is 5.75 Å². The first kappa shape index (κ1) is 29.1. The highest BCUT2D eigenvalue weighted by molar-refractivity contribution is 9.10. The fraction of sp³-hybridized carbons (Fsp3) is 0.333. The molecule has 1 fully saturated rings. The standard InChI is InChI=1S/C33H34BrNO3S2/c1-32(2,38)26-9-4-3-7-23(26)11-14-28(40-21-33(16-17-33)19-30(36)37)24-8-5-6-22(18-24)10-12-25-13-15-29-31(35-25)27(34)20-39-29/h3-10,12-13,15,18,20,28,38H,11,14,16-17,19,21H2,1-2H3,(H,36,37). The third-order valence-electron chi connectivity index (χ3n) is 7.55. The van der Waals surface area contributed by atoms with Crippen molar-refractivity contribution in [2.45, 2.75) is 56.8 Å². The van der Waals surface area contributed by atoms with E-state index < -0.39 is 11.6 Å². The first-order valence-electron chi connectivity index (χ1n) is 13.6. The Balaban J connectivity index is 1.37. The third kappa shape index (κ3) is 7.24. The van der Waals surface area contributed by atoms with Crippen LogP contribution >= 0.6 is 39.0 Å². The number of halogens is 1. The van der Waals surface area contributed by atoms with Gasteiger partial charge in [-0.2, -0.15) is 11.8 Å². The molecule has 2 heterocycles. The number of aliphatic hydroxyl groups is 1. The lowest BCUT2D eigenvalue weighted by Gasteiger charge is -2.24. The van der Waals surface area contributed by atoms with E-state index in [4.69, 9.17) is 4.98 Å². The summed E-state index contributed by atoms with van der Waals surface area (Å²) in [5.74, 6) is 0.138. The van der Waals surface area contributed by atoms with E-state index in [1.807, 2.05) is 49.9 Å². The van der Waals surface area contributed by atoms with Crippen LogP contribution in [0.4, 0.5) is 0 Å². The monoisotopic (exact) mass is 635 g/mol. The maximum atomic E-state index is 11.5. The normalized spacial score (nSPS) is 15.5. The van der Waals surface area contributed by atoms with Gasteiger partial charge in [-0.1, -0.05) is 54.6 Å². The Labute approximate surface area is 252 Å². The second-order valence-corrected chi connectivity index (χ2v) is 14.3. The number of carbonyl (C=O) groups is 1. The fourth-order valence-electron chi connectivity index (χ4n) is 5.15. The zero-order chi connectivity index (χ0) is 28.3. The molecule has 0 bridgehead atoms. The summed E-state index contributed by atoms with van der Waals surface area (Å²) in [6, 6.07) is 20.9. The number of rotatable bonds is 12. The maximum Gasteiger partial charge on any atom is 0.303 e. The predicted octanol–water partition coefficient (Wildman–Crippen LogP) is 9.12. The molecule has 5 rings (SSSR count). The first-order chi connectivity index (χ1) is 19.1. The van der Waals surface area contributed by atoms with Crippen LogP contribution in [-0.2, 0) is 16.8 Å². The molecule has 2 aromatic heterocycles. The van der Waals surface area contributed by atoms with E-state index >= 15 is 0 Å². The second kappa shape index (κ2) is 12.2. The fourth-order valence-corrected chi connectivity index (χ4v) is 8.19. The van der Waals surface area contributed by atoms with Crippen molar-refractivity contribution in [1.29, 1.82) is 0 Å². The number of carboxylic acids is 1. The van der Waals surface area contributed by atoms with Gasteiger partial charge in [-0.25, -0.2) is 4.98 Å². The van der Waals surface area contributed by atoms with Gasteiger partial charge in [0, 0.05) is 16.4 Å². The molecule has 0 radical (unpaired) electrons. The molecule has 1 saturated carbocycles. The van der Waals surface area contributed by atoms with E-state index in [-0.39, 0.29) is 17.1 Å². The van der Waals surface area contributed by atoms with Crippen molar-refractivity contribution in [2.24, 2.45) is 5.41 Å². The highest BCUT2D eigenvalue weighted by Crippen LogP contribution is 2.53. The van der Waals surface area contributed by atoms with Crippen molar-refractivity contribution < 1.29 is 15.0 Å². The molecule has 0 aliphatic heterocycles. The minimum Gasteiger partial charge on any atom is -0.481 e. The third-order valence-corrected chi connectivity index (χ3v) is 11.1. The van der Waals surface area contributed by atoms with Gasteiger partial charge < -0.3 is 10.2 Å². The number of aromatic nitrogens is 1. The molecule has 0 saturated heterocycles. The molecule has 1 unspecified atom stereocenters. The number of benzene rings is 2. The molecule has 2 N–H and O–H groups in total. The number of thioether (sulfide) groups is 1. The summed E-state index contributed by atoms with van der Waals surface area (Å²) >= 11 is 7.15. The molecule has 4 aromatic rings. The molecule has 2 aromatic carbocycles. The molecular weight excluding hydrogens is 602 g/mol. The van der Waals surface area contributed by atoms with Gasteiger partial charge in [-0.05, 0) is 101 Å². The number of aliphatic carboxylic acids is 1. The smallest absolute Gasteiger partial charge is 0.303 e. The molecule has 7 heteroatoms. The van der Waals surface area contributed by atoms with Gasteiger partial charge in [0.1, 0.15) is 0 Å². The summed E-state index contributed by atoms with van der Waals surface area (Å²) in [7, 11) is 0. The van der Waals surface area contributed by atoms with Crippen LogP contribution < -0.4 is 0 Å². The Hall–Kier alpha value is -2.45. The van der Waals surface area contributed by atoms with Gasteiger partial charge >= 0.3 is 5.97 Å². The zero-order valence-corrected chi connectivity index (χ0v) is 26.0. The second-order valence-electron chi connectivity index (χ2n) is 11.3. The number of fused-ring (bicyclic) bond motifs is 1. The summed E-state index contributed by atoms with van der Waals surface area (Å²) in [5, 5.41) is 22.4. The summed E-state index contributed by atoms with van der Waals surface area (Å²) < 4.78 is 2.18. The Bertz CT molecular complexity index is 1530. The lowest BCUT2D eigenvalue weighted by Crippen LogP contribution is -2.18. The van der Waals surface area contributed by atoms with Gasteiger partial charge in [-0.15, -0.1) is 11.3 Å². The van der Waals surface area contributed by atoms with Crippen LogP contribution in [0.1, 0.15) is 72.7 Å². The zero-order valence-electron chi connectivity index (χ0n) is 22.8. The number of hydrogen-bond donors (Lipinski definition) is 2. The van der Waals surface area contributed by atoms with Crippen molar-refractivity contribution in [3.8, 4) is 0 Å². The lowest BCUT2D eigenvalue weighted by atomic mass is 9.90. The van der Waals surface area contributed by atoms with Crippen LogP contribution in [-0.4, -0.2) is 26.9 Å². The average Bonchev–Trinajstić information content (AvgIpc) is 3.58. The van der Waals surface area contributed by atoms with Crippen LogP contribution in [0.25, 0.3) is 22.4 Å². The number of thiophene rings is 1. The molecule has 1 aliphatic rings. The minimum absolute atomic E-state index is 0.0719. The number of hydrogen-bond acceptors (Lipinski definition) is 5. The van der Waals surface area contributed by atoms with E-state index in [1.54, 1.807) is 11.3 Å². The molecular formula is C33H34BrNO3S2.